The summed E-state index contributed by atoms with van der Waals surface area (Å²) < 4.78 is 5.89. The lowest BCUT2D eigenvalue weighted by Gasteiger charge is -2.30. The molecular formula is C32H28N4O3. The maximum Gasteiger partial charge on any atom is 0.256 e. The molecular weight excluding hydrogens is 488 g/mol. The fraction of sp³-hybridized carbons (Fsp3) is 0.188. The summed E-state index contributed by atoms with van der Waals surface area (Å²) in [4.78, 5) is 28.4. The van der Waals surface area contributed by atoms with E-state index in [9.17, 15) is 9.59 Å². The molecule has 0 aliphatic carbocycles. The van der Waals surface area contributed by atoms with Gasteiger partial charge >= 0.3 is 0 Å². The number of rotatable bonds is 6. The highest BCUT2D eigenvalue weighted by atomic mass is 16.5. The van der Waals surface area contributed by atoms with Gasteiger partial charge in [0.15, 0.2) is 0 Å². The van der Waals surface area contributed by atoms with Crippen molar-refractivity contribution in [3.8, 4) is 5.75 Å². The molecule has 2 amide bonds. The van der Waals surface area contributed by atoms with E-state index in [1.807, 2.05) is 111 Å². The van der Waals surface area contributed by atoms with Gasteiger partial charge in [-0.2, -0.15) is 10.2 Å². The summed E-state index contributed by atoms with van der Waals surface area (Å²) in [6.45, 7) is 3.72. The lowest BCUT2D eigenvalue weighted by atomic mass is 9.71. The van der Waals surface area contributed by atoms with Crippen molar-refractivity contribution in [2.45, 2.75) is 19.8 Å². The van der Waals surface area contributed by atoms with Crippen LogP contribution >= 0.6 is 0 Å². The SMILES string of the molecule is COc1ccc2ccccc2c1C(C1C(=O)N(c2ccccc2)N=C1C)C1C(=O)N(c2ccccc2)N=C1C. The highest BCUT2D eigenvalue weighted by Gasteiger charge is 2.51. The Balaban J connectivity index is 1.55. The molecule has 0 saturated heterocycles. The zero-order chi connectivity index (χ0) is 27.1. The molecule has 39 heavy (non-hydrogen) atoms. The van der Waals surface area contributed by atoms with Crippen LogP contribution in [-0.2, 0) is 9.59 Å². The maximum atomic E-state index is 14.2. The van der Waals surface area contributed by atoms with Crippen molar-refractivity contribution in [2.75, 3.05) is 17.1 Å². The summed E-state index contributed by atoms with van der Waals surface area (Å²) in [6.07, 6.45) is 0. The number of amides is 2. The highest BCUT2D eigenvalue weighted by Crippen LogP contribution is 2.47. The molecule has 2 aliphatic heterocycles. The van der Waals surface area contributed by atoms with Crippen LogP contribution in [0.5, 0.6) is 5.75 Å². The van der Waals surface area contributed by atoms with Gasteiger partial charge in [0, 0.05) is 22.9 Å². The molecule has 2 heterocycles. The molecule has 0 spiro atoms. The van der Waals surface area contributed by atoms with Gasteiger partial charge in [-0.1, -0.05) is 66.7 Å². The molecule has 2 unspecified atom stereocenters. The third-order valence-corrected chi connectivity index (χ3v) is 7.57. The van der Waals surface area contributed by atoms with Gasteiger partial charge < -0.3 is 4.74 Å². The summed E-state index contributed by atoms with van der Waals surface area (Å²) in [6, 6.07) is 30.6. The van der Waals surface area contributed by atoms with E-state index in [1.54, 1.807) is 7.11 Å². The molecule has 0 N–H and O–H groups in total. The van der Waals surface area contributed by atoms with Crippen molar-refractivity contribution in [3.05, 3.63) is 103 Å². The predicted molar refractivity (Wildman–Crippen MR) is 154 cm³/mol. The van der Waals surface area contributed by atoms with Crippen LogP contribution in [0, 0.1) is 11.8 Å². The minimum Gasteiger partial charge on any atom is -0.496 e. The van der Waals surface area contributed by atoms with E-state index in [2.05, 4.69) is 0 Å². The molecule has 0 bridgehead atoms. The Kier molecular flexibility index (Phi) is 6.19. The predicted octanol–water partition coefficient (Wildman–Crippen LogP) is 6.01. The van der Waals surface area contributed by atoms with Crippen LogP contribution < -0.4 is 14.8 Å². The Morgan fingerprint density at radius 3 is 1.67 bits per heavy atom. The Hall–Kier alpha value is -4.78. The Bertz CT molecular complexity index is 1550. The van der Waals surface area contributed by atoms with Crippen molar-refractivity contribution in [2.24, 2.45) is 22.0 Å². The quantitative estimate of drug-likeness (QED) is 0.315. The van der Waals surface area contributed by atoms with Gasteiger partial charge in [-0.05, 0) is 55.0 Å². The molecule has 2 aliphatic rings. The first-order chi connectivity index (χ1) is 19.0. The second-order valence-electron chi connectivity index (χ2n) is 9.84. The number of carbonyl (C=O) groups is 2. The van der Waals surface area contributed by atoms with Crippen LogP contribution in [0.3, 0.4) is 0 Å². The molecule has 0 fully saturated rings. The van der Waals surface area contributed by atoms with Gasteiger partial charge in [-0.25, -0.2) is 10.0 Å². The van der Waals surface area contributed by atoms with E-state index >= 15 is 0 Å². The van der Waals surface area contributed by atoms with Gasteiger partial charge in [-0.15, -0.1) is 0 Å². The van der Waals surface area contributed by atoms with Gasteiger partial charge in [0.05, 0.1) is 30.3 Å². The minimum atomic E-state index is -0.695. The number of benzene rings is 4. The topological polar surface area (TPSA) is 74.6 Å². The van der Waals surface area contributed by atoms with Crippen LogP contribution in [-0.4, -0.2) is 30.3 Å². The number of fused-ring (bicyclic) bond motifs is 1. The average molecular weight is 517 g/mol. The van der Waals surface area contributed by atoms with E-state index in [0.29, 0.717) is 28.5 Å². The number of methoxy groups -OCH3 is 1. The molecule has 0 radical (unpaired) electrons. The first-order valence-electron chi connectivity index (χ1n) is 12.9. The smallest absolute Gasteiger partial charge is 0.256 e. The number of para-hydroxylation sites is 2. The van der Waals surface area contributed by atoms with Crippen molar-refractivity contribution >= 4 is 45.4 Å². The first kappa shape index (κ1) is 24.6. The summed E-state index contributed by atoms with van der Waals surface area (Å²) in [5.74, 6) is -1.73. The standard InChI is InChI=1S/C32H28N4O3/c1-20-27(31(37)35(33-20)23-13-6-4-7-14-23)30(29-25-17-11-10-12-22(25)18-19-26(29)39-3)28-21(2)34-36(32(28)38)24-15-8-5-9-16-24/h4-19,27-28,30H,1-3H3. The molecule has 6 rings (SSSR count). The second-order valence-corrected chi connectivity index (χ2v) is 9.84. The van der Waals surface area contributed by atoms with Crippen LogP contribution in [0.4, 0.5) is 11.4 Å². The normalized spacial score (nSPS) is 19.9. The fourth-order valence-corrected chi connectivity index (χ4v) is 5.82. The van der Waals surface area contributed by atoms with Crippen molar-refractivity contribution < 1.29 is 14.3 Å². The van der Waals surface area contributed by atoms with Gasteiger partial charge in [0.1, 0.15) is 5.75 Å². The molecule has 7 nitrogen and oxygen atoms in total. The number of hydrazone groups is 2. The summed E-state index contributed by atoms with van der Waals surface area (Å²) in [7, 11) is 1.62. The largest absolute Gasteiger partial charge is 0.496 e. The zero-order valence-electron chi connectivity index (χ0n) is 22.0. The molecule has 194 valence electrons. The fourth-order valence-electron chi connectivity index (χ4n) is 5.82. The number of anilines is 2. The van der Waals surface area contributed by atoms with Crippen LogP contribution in [0.15, 0.2) is 107 Å². The maximum absolute atomic E-state index is 14.2. The molecule has 0 aromatic heterocycles. The number of nitrogens with zero attached hydrogens (tertiary/aromatic N) is 4. The van der Waals surface area contributed by atoms with Gasteiger partial charge in [-0.3, -0.25) is 9.59 Å². The van der Waals surface area contributed by atoms with Crippen LogP contribution in [0.2, 0.25) is 0 Å². The number of carbonyl (C=O) groups excluding carboxylic acids is 2. The Labute approximate surface area is 227 Å². The lowest BCUT2D eigenvalue weighted by molar-refractivity contribution is -0.122. The highest BCUT2D eigenvalue weighted by molar-refractivity contribution is 6.20. The second kappa shape index (κ2) is 9.83. The van der Waals surface area contributed by atoms with E-state index in [4.69, 9.17) is 14.9 Å². The lowest BCUT2D eigenvalue weighted by Crippen LogP contribution is -2.40. The zero-order valence-corrected chi connectivity index (χ0v) is 22.0. The van der Waals surface area contributed by atoms with E-state index in [-0.39, 0.29) is 11.8 Å². The minimum absolute atomic E-state index is 0.183. The number of ether oxygens (including phenoxy) is 1. The Morgan fingerprint density at radius 2 is 1.15 bits per heavy atom. The van der Waals surface area contributed by atoms with Gasteiger partial charge in [0.25, 0.3) is 11.8 Å². The van der Waals surface area contributed by atoms with Crippen LogP contribution in [0.1, 0.15) is 25.3 Å². The number of hydrogen-bond donors (Lipinski definition) is 0. The van der Waals surface area contributed by atoms with Crippen molar-refractivity contribution in [3.63, 3.8) is 0 Å². The van der Waals surface area contributed by atoms with E-state index in [0.717, 1.165) is 16.3 Å². The van der Waals surface area contributed by atoms with Crippen molar-refractivity contribution in [1.82, 2.24) is 0 Å². The third kappa shape index (κ3) is 4.07. The molecule has 4 aromatic rings. The van der Waals surface area contributed by atoms with Gasteiger partial charge in [0.2, 0.25) is 0 Å². The Morgan fingerprint density at radius 1 is 0.667 bits per heavy atom. The third-order valence-electron chi connectivity index (χ3n) is 7.57. The summed E-state index contributed by atoms with van der Waals surface area (Å²) in [5, 5.41) is 14.2. The van der Waals surface area contributed by atoms with E-state index in [1.165, 1.54) is 10.0 Å². The summed E-state index contributed by atoms with van der Waals surface area (Å²) >= 11 is 0. The van der Waals surface area contributed by atoms with Crippen molar-refractivity contribution in [1.29, 1.82) is 0 Å². The van der Waals surface area contributed by atoms with Crippen LogP contribution in [0.25, 0.3) is 10.8 Å². The molecule has 7 heteroatoms. The van der Waals surface area contributed by atoms with E-state index < -0.39 is 17.8 Å². The average Bonchev–Trinajstić information content (AvgIpc) is 3.44. The molecule has 2 atom stereocenters. The number of hydrogen-bond acceptors (Lipinski definition) is 5. The monoisotopic (exact) mass is 516 g/mol. The molecule has 0 saturated carbocycles. The molecule has 4 aromatic carbocycles. The summed E-state index contributed by atoms with van der Waals surface area (Å²) in [5.41, 5.74) is 3.45. The first-order valence-corrected chi connectivity index (χ1v) is 12.9.